The number of anilines is 1. The molecule has 0 fully saturated rings. The van der Waals surface area contributed by atoms with Gasteiger partial charge in [0.2, 0.25) is 0 Å². The van der Waals surface area contributed by atoms with Crippen molar-refractivity contribution in [3.05, 3.63) is 75.7 Å². The summed E-state index contributed by atoms with van der Waals surface area (Å²) >= 11 is 5.83. The van der Waals surface area contributed by atoms with Crippen molar-refractivity contribution in [2.45, 2.75) is 4.90 Å². The van der Waals surface area contributed by atoms with Gasteiger partial charge in [-0.15, -0.1) is 0 Å². The predicted molar refractivity (Wildman–Crippen MR) is 98.9 cm³/mol. The third kappa shape index (κ3) is 3.71. The number of carbonyl (C=O) groups excluding carboxylic acids is 1. The Bertz CT molecular complexity index is 1130. The van der Waals surface area contributed by atoms with Crippen LogP contribution in [0.15, 0.2) is 64.4 Å². The molecule has 0 saturated carbocycles. The Labute approximate surface area is 154 Å². The van der Waals surface area contributed by atoms with E-state index in [1.807, 2.05) is 0 Å². The van der Waals surface area contributed by atoms with E-state index in [-0.39, 0.29) is 16.1 Å². The highest BCUT2D eigenvalue weighted by molar-refractivity contribution is 7.90. The number of aromatic amines is 1. The summed E-state index contributed by atoms with van der Waals surface area (Å²) in [6, 6.07) is 12.3. The number of carbonyl (C=O) groups is 1. The molecule has 0 bridgehead atoms. The minimum atomic E-state index is -3.40. The lowest BCUT2D eigenvalue weighted by Crippen LogP contribution is -2.23. The van der Waals surface area contributed by atoms with Crippen molar-refractivity contribution in [1.29, 1.82) is 0 Å². The molecule has 0 spiro atoms. The third-order valence-electron chi connectivity index (χ3n) is 3.62. The summed E-state index contributed by atoms with van der Waals surface area (Å²) in [6.07, 6.45) is 2.36. The molecule has 1 aromatic heterocycles. The summed E-state index contributed by atoms with van der Waals surface area (Å²) in [4.78, 5) is 24.9. The first-order valence-corrected chi connectivity index (χ1v) is 9.70. The molecule has 3 aromatic rings. The fourth-order valence-corrected chi connectivity index (χ4v) is 3.11. The highest BCUT2D eigenvalue weighted by atomic mass is 35.5. The number of hydrogen-bond acceptors (Lipinski definition) is 4. The van der Waals surface area contributed by atoms with Gasteiger partial charge in [-0.1, -0.05) is 17.7 Å². The fourth-order valence-electron chi connectivity index (χ4n) is 2.32. The number of nitrogens with one attached hydrogen (secondary N) is 2. The zero-order chi connectivity index (χ0) is 18.9. The van der Waals surface area contributed by atoms with Gasteiger partial charge in [0.25, 0.3) is 11.5 Å². The number of amides is 1. The summed E-state index contributed by atoms with van der Waals surface area (Å²) in [5.41, 5.74) is 0.155. The molecule has 1 amide bonds. The van der Waals surface area contributed by atoms with Gasteiger partial charge in [0.15, 0.2) is 9.84 Å². The van der Waals surface area contributed by atoms with Crippen molar-refractivity contribution in [3.8, 4) is 5.69 Å². The average molecular weight is 392 g/mol. The Hall–Kier alpha value is -2.84. The molecule has 0 saturated heterocycles. The number of benzene rings is 2. The van der Waals surface area contributed by atoms with Crippen LogP contribution in [0.5, 0.6) is 0 Å². The van der Waals surface area contributed by atoms with Crippen molar-refractivity contribution < 1.29 is 13.2 Å². The van der Waals surface area contributed by atoms with E-state index in [9.17, 15) is 18.0 Å². The van der Waals surface area contributed by atoms with Gasteiger partial charge in [0, 0.05) is 23.2 Å². The number of halogens is 1. The second-order valence-corrected chi connectivity index (χ2v) is 8.01. The molecule has 0 atom stereocenters. The van der Waals surface area contributed by atoms with Crippen LogP contribution in [0.2, 0.25) is 5.02 Å². The Morgan fingerprint density at radius 3 is 2.50 bits per heavy atom. The highest BCUT2D eigenvalue weighted by Crippen LogP contribution is 2.16. The summed E-state index contributed by atoms with van der Waals surface area (Å²) in [7, 11) is -3.40. The van der Waals surface area contributed by atoms with Gasteiger partial charge in [-0.3, -0.25) is 14.7 Å². The quantitative estimate of drug-likeness (QED) is 0.713. The summed E-state index contributed by atoms with van der Waals surface area (Å²) in [5.74, 6) is -0.649. The molecule has 0 aliphatic carbocycles. The van der Waals surface area contributed by atoms with Gasteiger partial charge < -0.3 is 5.32 Å². The number of H-pyrrole nitrogens is 1. The smallest absolute Gasteiger partial charge is 0.284 e. The maximum Gasteiger partial charge on any atom is 0.284 e. The van der Waals surface area contributed by atoms with E-state index in [1.54, 1.807) is 24.3 Å². The number of rotatable bonds is 4. The molecule has 0 unspecified atom stereocenters. The van der Waals surface area contributed by atoms with Gasteiger partial charge in [-0.25, -0.2) is 13.1 Å². The first-order chi connectivity index (χ1) is 12.3. The zero-order valence-corrected chi connectivity index (χ0v) is 15.1. The SMILES string of the molecule is CS(=O)(=O)c1cccc(NC(=O)c2c[nH]n(-c3ccc(Cl)cc3)c2=O)c1. The number of hydrogen-bond donors (Lipinski definition) is 2. The van der Waals surface area contributed by atoms with Crippen LogP contribution in [-0.4, -0.2) is 30.4 Å². The first kappa shape index (κ1) is 18.0. The second-order valence-electron chi connectivity index (χ2n) is 5.56. The van der Waals surface area contributed by atoms with E-state index in [1.165, 1.54) is 35.1 Å². The van der Waals surface area contributed by atoms with E-state index in [0.29, 0.717) is 10.7 Å². The lowest BCUT2D eigenvalue weighted by Gasteiger charge is -2.05. The van der Waals surface area contributed by atoms with Crippen LogP contribution in [0.1, 0.15) is 10.4 Å². The van der Waals surface area contributed by atoms with Crippen LogP contribution in [-0.2, 0) is 9.84 Å². The van der Waals surface area contributed by atoms with Gasteiger partial charge in [-0.05, 0) is 42.5 Å². The van der Waals surface area contributed by atoms with E-state index >= 15 is 0 Å². The lowest BCUT2D eigenvalue weighted by atomic mass is 10.2. The van der Waals surface area contributed by atoms with Crippen LogP contribution in [0.3, 0.4) is 0 Å². The molecular weight excluding hydrogens is 378 g/mol. The van der Waals surface area contributed by atoms with Crippen LogP contribution in [0.4, 0.5) is 5.69 Å². The monoisotopic (exact) mass is 391 g/mol. The molecular formula is C17H14ClN3O4S. The van der Waals surface area contributed by atoms with Gasteiger partial charge in [0.05, 0.1) is 10.6 Å². The van der Waals surface area contributed by atoms with Crippen molar-refractivity contribution in [3.63, 3.8) is 0 Å². The fraction of sp³-hybridized carbons (Fsp3) is 0.0588. The number of nitrogens with zero attached hydrogens (tertiary/aromatic N) is 1. The number of aromatic nitrogens is 2. The Morgan fingerprint density at radius 1 is 1.15 bits per heavy atom. The van der Waals surface area contributed by atoms with E-state index < -0.39 is 21.3 Å². The zero-order valence-electron chi connectivity index (χ0n) is 13.6. The molecule has 2 aromatic carbocycles. The number of sulfone groups is 1. The van der Waals surface area contributed by atoms with E-state index in [2.05, 4.69) is 10.4 Å². The molecule has 2 N–H and O–H groups in total. The second kappa shape index (κ2) is 6.81. The molecule has 3 rings (SSSR count). The maximum absolute atomic E-state index is 12.5. The normalized spacial score (nSPS) is 11.3. The minimum absolute atomic E-state index is 0.0722. The topological polar surface area (TPSA) is 101 Å². The van der Waals surface area contributed by atoms with Gasteiger partial charge >= 0.3 is 0 Å². The average Bonchev–Trinajstić information content (AvgIpc) is 2.97. The highest BCUT2D eigenvalue weighted by Gasteiger charge is 2.16. The molecule has 26 heavy (non-hydrogen) atoms. The minimum Gasteiger partial charge on any atom is -0.322 e. The predicted octanol–water partition coefficient (Wildman–Crippen LogP) is 2.47. The largest absolute Gasteiger partial charge is 0.322 e. The Morgan fingerprint density at radius 2 is 1.85 bits per heavy atom. The Kier molecular flexibility index (Phi) is 4.71. The van der Waals surface area contributed by atoms with Crippen LogP contribution in [0.25, 0.3) is 5.69 Å². The molecule has 0 aliphatic heterocycles. The molecule has 0 radical (unpaired) electrons. The Balaban J connectivity index is 1.88. The van der Waals surface area contributed by atoms with Crippen LogP contribution in [0, 0.1) is 0 Å². The van der Waals surface area contributed by atoms with E-state index in [4.69, 9.17) is 11.6 Å². The summed E-state index contributed by atoms with van der Waals surface area (Å²) in [5, 5.41) is 5.77. The molecule has 0 aliphatic rings. The molecule has 7 nitrogen and oxygen atoms in total. The van der Waals surface area contributed by atoms with Gasteiger partial charge in [-0.2, -0.15) is 0 Å². The summed E-state index contributed by atoms with van der Waals surface area (Å²) < 4.78 is 24.4. The molecule has 1 heterocycles. The maximum atomic E-state index is 12.5. The van der Waals surface area contributed by atoms with Gasteiger partial charge in [0.1, 0.15) is 5.56 Å². The lowest BCUT2D eigenvalue weighted by molar-refractivity contribution is 0.102. The molecule has 9 heteroatoms. The summed E-state index contributed by atoms with van der Waals surface area (Å²) in [6.45, 7) is 0. The van der Waals surface area contributed by atoms with Crippen LogP contribution >= 0.6 is 11.6 Å². The van der Waals surface area contributed by atoms with Crippen LogP contribution < -0.4 is 10.9 Å². The van der Waals surface area contributed by atoms with E-state index in [0.717, 1.165) is 6.26 Å². The molecule has 134 valence electrons. The van der Waals surface area contributed by atoms with Crippen molar-refractivity contribution in [1.82, 2.24) is 9.78 Å². The third-order valence-corrected chi connectivity index (χ3v) is 4.98. The first-order valence-electron chi connectivity index (χ1n) is 7.43. The van der Waals surface area contributed by atoms with Crippen molar-refractivity contribution in [2.75, 3.05) is 11.6 Å². The van der Waals surface area contributed by atoms with Crippen molar-refractivity contribution >= 4 is 33.0 Å². The standard InChI is InChI=1S/C17H14ClN3O4S/c1-26(24,25)14-4-2-3-12(9-14)20-16(22)15-10-19-21(17(15)23)13-7-5-11(18)6-8-13/h2-10,19H,1H3,(H,20,22). The van der Waals surface area contributed by atoms with Crippen molar-refractivity contribution in [2.24, 2.45) is 0 Å².